The molecule has 2 amide bonds. The highest BCUT2D eigenvalue weighted by atomic mass is 35.5. The van der Waals surface area contributed by atoms with Crippen LogP contribution in [0.15, 0.2) is 12.1 Å². The molecule has 1 unspecified atom stereocenters. The second kappa shape index (κ2) is 6.22. The fraction of sp³-hybridized carbons (Fsp3) is 0.500. The molecule has 0 spiro atoms. The van der Waals surface area contributed by atoms with Crippen molar-refractivity contribution in [2.24, 2.45) is 5.92 Å². The van der Waals surface area contributed by atoms with Gasteiger partial charge in [-0.2, -0.15) is 0 Å². The second-order valence-electron chi connectivity index (χ2n) is 4.98. The summed E-state index contributed by atoms with van der Waals surface area (Å²) in [5.74, 6) is 0.146. The summed E-state index contributed by atoms with van der Waals surface area (Å²) in [4.78, 5) is 29.3. The number of rotatable bonds is 5. The van der Waals surface area contributed by atoms with E-state index in [1.807, 2.05) is 0 Å². The molecule has 1 fully saturated rings. The standard InChI is InChI=1S/C14H18ClN3O2/c1-3-6-16-12-5-4-10(15)11(17-12)8-18-13(19)7-9(2)14(18)20/h4-5,9H,3,6-8H2,1-2H3,(H,16,17). The van der Waals surface area contributed by atoms with Crippen molar-refractivity contribution in [1.29, 1.82) is 0 Å². The Morgan fingerprint density at radius 3 is 2.80 bits per heavy atom. The van der Waals surface area contributed by atoms with Crippen LogP contribution in [0.1, 0.15) is 32.4 Å². The molecule has 2 rings (SSSR count). The van der Waals surface area contributed by atoms with E-state index in [4.69, 9.17) is 11.6 Å². The van der Waals surface area contributed by atoms with Crippen molar-refractivity contribution in [3.8, 4) is 0 Å². The van der Waals surface area contributed by atoms with Crippen LogP contribution in [-0.4, -0.2) is 28.2 Å². The summed E-state index contributed by atoms with van der Waals surface area (Å²) >= 11 is 6.10. The van der Waals surface area contributed by atoms with Crippen LogP contribution in [0.3, 0.4) is 0 Å². The first-order valence-electron chi connectivity index (χ1n) is 6.76. The number of aromatic nitrogens is 1. The molecule has 20 heavy (non-hydrogen) atoms. The highest BCUT2D eigenvalue weighted by Crippen LogP contribution is 2.24. The molecule has 1 aliphatic rings. The molecule has 2 heterocycles. The van der Waals surface area contributed by atoms with Gasteiger partial charge in [0.25, 0.3) is 0 Å². The molecular weight excluding hydrogens is 278 g/mol. The van der Waals surface area contributed by atoms with Gasteiger partial charge >= 0.3 is 0 Å². The smallest absolute Gasteiger partial charge is 0.232 e. The van der Waals surface area contributed by atoms with Crippen LogP contribution >= 0.6 is 11.6 Å². The molecule has 108 valence electrons. The number of pyridine rings is 1. The number of imide groups is 1. The zero-order chi connectivity index (χ0) is 14.7. The summed E-state index contributed by atoms with van der Waals surface area (Å²) in [5.41, 5.74) is 0.545. The predicted molar refractivity (Wildman–Crippen MR) is 77.4 cm³/mol. The molecule has 1 N–H and O–H groups in total. The number of hydrogen-bond acceptors (Lipinski definition) is 4. The third-order valence-corrected chi connectivity index (χ3v) is 3.60. The lowest BCUT2D eigenvalue weighted by Crippen LogP contribution is -2.30. The molecule has 0 radical (unpaired) electrons. The van der Waals surface area contributed by atoms with Crippen LogP contribution in [0.4, 0.5) is 5.82 Å². The van der Waals surface area contributed by atoms with Crippen molar-refractivity contribution in [3.05, 3.63) is 22.8 Å². The van der Waals surface area contributed by atoms with Crippen LogP contribution in [-0.2, 0) is 16.1 Å². The molecule has 0 aliphatic carbocycles. The molecule has 0 saturated carbocycles. The van der Waals surface area contributed by atoms with Crippen molar-refractivity contribution < 1.29 is 9.59 Å². The monoisotopic (exact) mass is 295 g/mol. The highest BCUT2D eigenvalue weighted by Gasteiger charge is 2.35. The molecule has 1 saturated heterocycles. The van der Waals surface area contributed by atoms with E-state index in [0.717, 1.165) is 13.0 Å². The Bertz CT molecular complexity index is 533. The van der Waals surface area contributed by atoms with Gasteiger partial charge in [-0.25, -0.2) is 4.98 Å². The van der Waals surface area contributed by atoms with Gasteiger partial charge < -0.3 is 5.32 Å². The molecule has 6 heteroatoms. The number of amides is 2. The first-order chi connectivity index (χ1) is 9.52. The van der Waals surface area contributed by atoms with E-state index in [2.05, 4.69) is 17.2 Å². The van der Waals surface area contributed by atoms with Gasteiger partial charge in [0.1, 0.15) is 5.82 Å². The zero-order valence-electron chi connectivity index (χ0n) is 11.6. The van der Waals surface area contributed by atoms with Gasteiger partial charge in [0, 0.05) is 18.9 Å². The fourth-order valence-electron chi connectivity index (χ4n) is 2.11. The zero-order valence-corrected chi connectivity index (χ0v) is 12.4. The summed E-state index contributed by atoms with van der Waals surface area (Å²) in [6.45, 7) is 4.77. The lowest BCUT2D eigenvalue weighted by molar-refractivity contribution is -0.139. The number of nitrogens with zero attached hydrogens (tertiary/aromatic N) is 2. The van der Waals surface area contributed by atoms with E-state index in [0.29, 0.717) is 16.5 Å². The Morgan fingerprint density at radius 1 is 1.45 bits per heavy atom. The van der Waals surface area contributed by atoms with Gasteiger partial charge in [-0.3, -0.25) is 14.5 Å². The van der Waals surface area contributed by atoms with Crippen molar-refractivity contribution in [2.75, 3.05) is 11.9 Å². The van der Waals surface area contributed by atoms with Crippen LogP contribution in [0.25, 0.3) is 0 Å². The number of hydrogen-bond donors (Lipinski definition) is 1. The van der Waals surface area contributed by atoms with E-state index in [1.54, 1.807) is 19.1 Å². The minimum absolute atomic E-state index is 0.141. The van der Waals surface area contributed by atoms with Crippen LogP contribution in [0.2, 0.25) is 5.02 Å². The summed E-state index contributed by atoms with van der Waals surface area (Å²) in [6.07, 6.45) is 1.25. The van der Waals surface area contributed by atoms with E-state index in [-0.39, 0.29) is 30.7 Å². The van der Waals surface area contributed by atoms with Gasteiger partial charge in [0.2, 0.25) is 11.8 Å². The van der Waals surface area contributed by atoms with Crippen LogP contribution < -0.4 is 5.32 Å². The maximum atomic E-state index is 11.9. The molecule has 1 aliphatic heterocycles. The summed E-state index contributed by atoms with van der Waals surface area (Å²) in [6, 6.07) is 3.52. The quantitative estimate of drug-likeness (QED) is 0.848. The Labute approximate surface area is 123 Å². The number of nitrogens with one attached hydrogen (secondary N) is 1. The van der Waals surface area contributed by atoms with Crippen molar-refractivity contribution >= 4 is 29.2 Å². The lowest BCUT2D eigenvalue weighted by Gasteiger charge is -2.15. The van der Waals surface area contributed by atoms with Crippen molar-refractivity contribution in [2.45, 2.75) is 33.2 Å². The summed E-state index contributed by atoms with van der Waals surface area (Å²) < 4.78 is 0. The maximum absolute atomic E-state index is 11.9. The fourth-order valence-corrected chi connectivity index (χ4v) is 2.28. The molecule has 0 aromatic carbocycles. The number of anilines is 1. The number of carbonyl (C=O) groups excluding carboxylic acids is 2. The molecule has 0 bridgehead atoms. The predicted octanol–water partition coefficient (Wildman–Crippen LogP) is 2.45. The van der Waals surface area contributed by atoms with E-state index in [1.165, 1.54) is 4.90 Å². The SMILES string of the molecule is CCCNc1ccc(Cl)c(CN2C(=O)CC(C)C2=O)n1. The maximum Gasteiger partial charge on any atom is 0.232 e. The Hall–Kier alpha value is -1.62. The first-order valence-corrected chi connectivity index (χ1v) is 7.14. The number of halogens is 1. The summed E-state index contributed by atoms with van der Waals surface area (Å²) in [7, 11) is 0. The number of carbonyl (C=O) groups is 2. The minimum Gasteiger partial charge on any atom is -0.370 e. The molecular formula is C14H18ClN3O2. The van der Waals surface area contributed by atoms with E-state index in [9.17, 15) is 9.59 Å². The van der Waals surface area contributed by atoms with Gasteiger partial charge in [0.15, 0.2) is 0 Å². The Kier molecular flexibility index (Phi) is 4.60. The molecule has 5 nitrogen and oxygen atoms in total. The van der Waals surface area contributed by atoms with Crippen molar-refractivity contribution in [1.82, 2.24) is 9.88 Å². The van der Waals surface area contributed by atoms with Crippen molar-refractivity contribution in [3.63, 3.8) is 0 Å². The van der Waals surface area contributed by atoms with E-state index >= 15 is 0 Å². The summed E-state index contributed by atoms with van der Waals surface area (Å²) in [5, 5.41) is 3.62. The van der Waals surface area contributed by atoms with Gasteiger partial charge in [0.05, 0.1) is 17.3 Å². The first kappa shape index (κ1) is 14.8. The average Bonchev–Trinajstić information content (AvgIpc) is 2.66. The topological polar surface area (TPSA) is 62.3 Å². The Morgan fingerprint density at radius 2 is 2.20 bits per heavy atom. The van der Waals surface area contributed by atoms with Crippen LogP contribution in [0, 0.1) is 5.92 Å². The molecule has 1 aromatic heterocycles. The van der Waals surface area contributed by atoms with Gasteiger partial charge in [-0.15, -0.1) is 0 Å². The molecule has 1 atom stereocenters. The third-order valence-electron chi connectivity index (χ3n) is 3.25. The average molecular weight is 296 g/mol. The lowest BCUT2D eigenvalue weighted by atomic mass is 10.1. The third kappa shape index (κ3) is 3.10. The molecule has 1 aromatic rings. The Balaban J connectivity index is 2.16. The normalized spacial score (nSPS) is 18.8. The highest BCUT2D eigenvalue weighted by molar-refractivity contribution is 6.31. The van der Waals surface area contributed by atoms with E-state index < -0.39 is 0 Å². The minimum atomic E-state index is -0.248. The van der Waals surface area contributed by atoms with Gasteiger partial charge in [-0.1, -0.05) is 25.4 Å². The van der Waals surface area contributed by atoms with Gasteiger partial charge in [-0.05, 0) is 18.6 Å². The largest absolute Gasteiger partial charge is 0.370 e. The second-order valence-corrected chi connectivity index (χ2v) is 5.38. The number of likely N-dealkylation sites (tertiary alicyclic amines) is 1. The van der Waals surface area contributed by atoms with Crippen LogP contribution in [0.5, 0.6) is 0 Å².